The minimum Gasteiger partial charge on any atom is -0.480 e. The molecule has 0 saturated carbocycles. The van der Waals surface area contributed by atoms with Crippen LogP contribution in [0, 0.1) is 5.92 Å². The lowest BCUT2D eigenvalue weighted by Gasteiger charge is -2.29. The van der Waals surface area contributed by atoms with Crippen LogP contribution < -0.4 is 71.6 Å². The molecule has 3 aliphatic rings. The van der Waals surface area contributed by atoms with E-state index in [2.05, 4.69) is 47.2 Å². The zero-order chi connectivity index (χ0) is 56.5. The van der Waals surface area contributed by atoms with Crippen LogP contribution in [0.2, 0.25) is 0 Å². The first kappa shape index (κ1) is 63.2. The van der Waals surface area contributed by atoms with Crippen LogP contribution >= 0.6 is 0 Å². The van der Waals surface area contributed by atoms with Crippen LogP contribution in [0.1, 0.15) is 104 Å². The Morgan fingerprint density at radius 2 is 1.39 bits per heavy atom. The normalized spacial score (nSPS) is 22.5. The van der Waals surface area contributed by atoms with Crippen molar-refractivity contribution in [1.29, 1.82) is 0 Å². The second-order valence-corrected chi connectivity index (χ2v) is 19.4. The van der Waals surface area contributed by atoms with E-state index in [1.165, 1.54) is 22.0 Å². The number of carbonyl (C=O) groups is 10. The number of rotatable bonds is 25. The van der Waals surface area contributed by atoms with Gasteiger partial charge in [-0.15, -0.1) is 0 Å². The average Bonchev–Trinajstić information content (AvgIpc) is 4.07. The summed E-state index contributed by atoms with van der Waals surface area (Å²) in [5.41, 5.74) is 33.6. The van der Waals surface area contributed by atoms with Gasteiger partial charge in [-0.1, -0.05) is 26.0 Å². The molecule has 3 heterocycles. The standard InChI is InChI=1S/C47H81N17O12/c1-26(2)23-32(61-39(69)30(15-8-20-55-47(52)53)59-43(73)35-17-10-22-64(35)44(74)27(49)11-7-19-54-46(50)51)40(70)62-33(25-65)41(71)58-29-12-3-4-14-31(45(75)76)60-42(72)34-16-9-21-63(34)36(66)24-56-37(67)28(57-38(29)68)13-5-6-18-48/h3-4,26-35,65H,5-25,48-49H2,1-2H3,(H,56,67)(H,57,68)(H,58,71)(H,59,73)(H,60,72)(H,61,69)(H,62,70)(H,75,76)(H4,50,51,54)(H4,52,53,55)/b4-3+/t27-,28?,29+,30-,31?,32-,33-,34-,35-/m0/s1. The van der Waals surface area contributed by atoms with E-state index in [0.717, 1.165) is 0 Å². The summed E-state index contributed by atoms with van der Waals surface area (Å²) in [6, 6.07) is -11.4. The number of unbranched alkanes of at least 4 members (excludes halogenated alkanes) is 1. The maximum atomic E-state index is 14.1. The fourth-order valence-corrected chi connectivity index (χ4v) is 8.86. The Balaban J connectivity index is 1.85. The highest BCUT2D eigenvalue weighted by Crippen LogP contribution is 2.21. The molecule has 2 unspecified atom stereocenters. The topological polar surface area (TPSA) is 483 Å². The zero-order valence-corrected chi connectivity index (χ0v) is 43.5. The lowest BCUT2D eigenvalue weighted by atomic mass is 10.0. The van der Waals surface area contributed by atoms with E-state index in [1.807, 2.05) is 0 Å². The SMILES string of the molecule is CC(C)C[C@H](NC(=O)[C@H](CCCN=C(N)N)NC(=O)[C@@H]1CCCN1C(=O)[C@@H](N)CCCN=C(N)N)C(=O)N[C@@H](CO)C(=O)N[C@@H]1C/C=C/CC(C(=O)O)NC(=O)[C@@H]2CCCN2C(=O)CNC(=O)C(CCCCN)NC1=O. The summed E-state index contributed by atoms with van der Waals surface area (Å²) in [6.07, 6.45) is 5.42. The summed E-state index contributed by atoms with van der Waals surface area (Å²) in [6.45, 7) is 3.01. The van der Waals surface area contributed by atoms with E-state index in [4.69, 9.17) is 34.4 Å². The molecule has 0 radical (unpaired) electrons. The van der Waals surface area contributed by atoms with E-state index in [0.29, 0.717) is 32.1 Å². The van der Waals surface area contributed by atoms with Gasteiger partial charge in [0.2, 0.25) is 53.2 Å². The van der Waals surface area contributed by atoms with E-state index in [1.54, 1.807) is 13.8 Å². The van der Waals surface area contributed by atoms with Crippen LogP contribution in [-0.2, 0) is 47.9 Å². The van der Waals surface area contributed by atoms with Crippen molar-refractivity contribution in [2.24, 2.45) is 50.3 Å². The molecule has 9 atom stereocenters. The Labute approximate surface area is 441 Å². The number of carboxylic acids is 1. The number of nitrogens with two attached hydrogens (primary N) is 6. The first-order chi connectivity index (χ1) is 36.1. The van der Waals surface area contributed by atoms with Crippen LogP contribution in [0.5, 0.6) is 0 Å². The number of nitrogens with zero attached hydrogens (tertiary/aromatic N) is 4. The van der Waals surface area contributed by atoms with Gasteiger partial charge in [0.25, 0.3) is 0 Å². The third kappa shape index (κ3) is 20.9. The van der Waals surface area contributed by atoms with Gasteiger partial charge < -0.3 is 91.6 Å². The van der Waals surface area contributed by atoms with Gasteiger partial charge in [-0.3, -0.25) is 53.1 Å². The molecule has 426 valence electrons. The van der Waals surface area contributed by atoms with E-state index < -0.39 is 127 Å². The minimum absolute atomic E-state index is 0.00347. The largest absolute Gasteiger partial charge is 0.480 e. The molecule has 29 nitrogen and oxygen atoms in total. The number of aliphatic carboxylic acids is 1. The first-order valence-electron chi connectivity index (χ1n) is 25.8. The molecule has 9 amide bonds. The highest BCUT2D eigenvalue weighted by atomic mass is 16.4. The number of aliphatic imine (C=N–C) groups is 2. The van der Waals surface area contributed by atoms with Gasteiger partial charge in [0.05, 0.1) is 19.2 Å². The third-order valence-corrected chi connectivity index (χ3v) is 12.9. The molecular weight excluding hydrogens is 995 g/mol. The fraction of sp³-hybridized carbons (Fsp3) is 0.702. The Kier molecular flexibility index (Phi) is 26.9. The number of hydrogen-bond acceptors (Lipinski definition) is 15. The number of amides is 9. The van der Waals surface area contributed by atoms with Crippen LogP contribution in [0.25, 0.3) is 0 Å². The summed E-state index contributed by atoms with van der Waals surface area (Å²) in [4.78, 5) is 146. The van der Waals surface area contributed by atoms with Crippen LogP contribution in [0.4, 0.5) is 0 Å². The van der Waals surface area contributed by atoms with Crippen molar-refractivity contribution >= 4 is 71.1 Å². The number of carbonyl (C=O) groups excluding carboxylic acids is 9. The van der Waals surface area contributed by atoms with E-state index in [-0.39, 0.29) is 108 Å². The number of aliphatic hydroxyl groups excluding tert-OH is 1. The molecule has 0 aromatic carbocycles. The molecule has 76 heavy (non-hydrogen) atoms. The molecule has 0 aromatic rings. The highest BCUT2D eigenvalue weighted by molar-refractivity contribution is 5.98. The smallest absolute Gasteiger partial charge is 0.326 e. The van der Waals surface area contributed by atoms with Gasteiger partial charge in [0, 0.05) is 26.2 Å². The quantitative estimate of drug-likeness (QED) is 0.0175. The van der Waals surface area contributed by atoms with Crippen molar-refractivity contribution in [3.05, 3.63) is 12.2 Å². The molecule has 2 saturated heterocycles. The summed E-state index contributed by atoms with van der Waals surface area (Å²) in [5.74, 6) is -8.77. The molecule has 0 bridgehead atoms. The van der Waals surface area contributed by atoms with Gasteiger partial charge in [0.1, 0.15) is 48.3 Å². The molecule has 2 fully saturated rings. The number of carboxylic acid groups (broad SMARTS) is 1. The van der Waals surface area contributed by atoms with Gasteiger partial charge >= 0.3 is 5.97 Å². The second-order valence-electron chi connectivity index (χ2n) is 19.4. The molecule has 0 aliphatic carbocycles. The van der Waals surface area contributed by atoms with Crippen molar-refractivity contribution < 1.29 is 58.2 Å². The van der Waals surface area contributed by atoms with Crippen LogP contribution in [-0.4, -0.2) is 191 Å². The maximum absolute atomic E-state index is 14.1. The summed E-state index contributed by atoms with van der Waals surface area (Å²) in [5, 5.41) is 38.3. The number of hydrogen-bond donors (Lipinski definition) is 15. The number of fused-ring (bicyclic) bond motifs is 1. The number of guanidine groups is 2. The van der Waals surface area contributed by atoms with Crippen LogP contribution in [0.3, 0.4) is 0 Å². The van der Waals surface area contributed by atoms with Gasteiger partial charge in [-0.2, -0.15) is 0 Å². The Morgan fingerprint density at radius 3 is 2.03 bits per heavy atom. The van der Waals surface area contributed by atoms with E-state index >= 15 is 0 Å². The third-order valence-electron chi connectivity index (χ3n) is 12.9. The van der Waals surface area contributed by atoms with Crippen molar-refractivity contribution in [2.45, 2.75) is 158 Å². The summed E-state index contributed by atoms with van der Waals surface area (Å²) < 4.78 is 0. The molecular formula is C47H81N17O12. The predicted octanol–water partition coefficient (Wildman–Crippen LogP) is -5.97. The highest BCUT2D eigenvalue weighted by Gasteiger charge is 2.40. The summed E-state index contributed by atoms with van der Waals surface area (Å²) >= 11 is 0. The molecule has 3 aliphatic heterocycles. The summed E-state index contributed by atoms with van der Waals surface area (Å²) in [7, 11) is 0. The Hall–Kier alpha value is -7.14. The lowest BCUT2D eigenvalue weighted by Crippen LogP contribution is -2.60. The second kappa shape index (κ2) is 32.3. The fourth-order valence-electron chi connectivity index (χ4n) is 8.86. The molecule has 29 heteroatoms. The predicted molar refractivity (Wildman–Crippen MR) is 277 cm³/mol. The average molecular weight is 1080 g/mol. The van der Waals surface area contributed by atoms with Crippen molar-refractivity contribution in [3.8, 4) is 0 Å². The van der Waals surface area contributed by atoms with Crippen molar-refractivity contribution in [1.82, 2.24) is 47.0 Å². The number of likely N-dealkylation sites (tertiary alicyclic amines) is 1. The maximum Gasteiger partial charge on any atom is 0.326 e. The monoisotopic (exact) mass is 1080 g/mol. The minimum atomic E-state index is -1.73. The van der Waals surface area contributed by atoms with Gasteiger partial charge in [-0.05, 0) is 102 Å². The van der Waals surface area contributed by atoms with Crippen molar-refractivity contribution in [3.63, 3.8) is 0 Å². The number of nitrogens with one attached hydrogen (secondary N) is 7. The van der Waals surface area contributed by atoms with Crippen molar-refractivity contribution in [2.75, 3.05) is 45.9 Å². The molecule has 3 rings (SSSR count). The lowest BCUT2D eigenvalue weighted by molar-refractivity contribution is -0.144. The first-order valence-corrected chi connectivity index (χ1v) is 25.8. The number of aliphatic hydroxyl groups is 1. The Bertz CT molecular complexity index is 2120. The molecule has 0 spiro atoms. The Morgan fingerprint density at radius 1 is 0.763 bits per heavy atom. The van der Waals surface area contributed by atoms with Gasteiger partial charge in [-0.25, -0.2) is 4.79 Å². The van der Waals surface area contributed by atoms with E-state index in [9.17, 15) is 58.2 Å². The zero-order valence-electron chi connectivity index (χ0n) is 43.5. The molecule has 21 N–H and O–H groups in total. The van der Waals surface area contributed by atoms with Crippen LogP contribution in [0.15, 0.2) is 22.1 Å². The van der Waals surface area contributed by atoms with Gasteiger partial charge in [0.15, 0.2) is 11.9 Å². The molecule has 0 aromatic heterocycles.